The van der Waals surface area contributed by atoms with Crippen molar-refractivity contribution >= 4 is 20.3 Å². The zero-order valence-electron chi connectivity index (χ0n) is 6.17. The van der Waals surface area contributed by atoms with E-state index in [1.807, 2.05) is 0 Å². The Bertz CT molecular complexity index is 158. The molecular formula is C5H10O4Si. The van der Waals surface area contributed by atoms with Crippen LogP contribution in [0, 0.1) is 0 Å². The molecule has 1 N–H and O–H groups in total. The van der Waals surface area contributed by atoms with Gasteiger partial charge in [-0.2, -0.15) is 0 Å². The van der Waals surface area contributed by atoms with E-state index in [0.29, 0.717) is 0 Å². The van der Waals surface area contributed by atoms with Crippen LogP contribution in [-0.4, -0.2) is 25.4 Å². The molecule has 0 aliphatic heterocycles. The Labute approximate surface area is 59.9 Å². The van der Waals surface area contributed by atoms with Crippen molar-refractivity contribution in [2.45, 2.75) is 19.6 Å². The first-order valence-corrected chi connectivity index (χ1v) is 6.20. The molecule has 58 valence electrons. The van der Waals surface area contributed by atoms with Crippen LogP contribution in [0.5, 0.6) is 0 Å². The molecule has 0 bridgehead atoms. The summed E-state index contributed by atoms with van der Waals surface area (Å²) in [4.78, 5) is 20.3. The molecule has 0 rings (SSSR count). The fourth-order valence-electron chi connectivity index (χ4n) is 0.322. The molecule has 0 saturated heterocycles. The molecule has 4 nitrogen and oxygen atoms in total. The topological polar surface area (TPSA) is 63.6 Å². The normalized spacial score (nSPS) is 10.7. The van der Waals surface area contributed by atoms with E-state index in [1.54, 1.807) is 19.6 Å². The van der Waals surface area contributed by atoms with Crippen molar-refractivity contribution in [3.05, 3.63) is 0 Å². The smallest absolute Gasteiger partial charge is 0.413 e. The Balaban J connectivity index is 3.93. The van der Waals surface area contributed by atoms with Crippen LogP contribution in [-0.2, 0) is 14.0 Å². The van der Waals surface area contributed by atoms with Gasteiger partial charge in [0, 0.05) is 0 Å². The summed E-state index contributed by atoms with van der Waals surface area (Å²) in [6, 6.07) is 0. The lowest BCUT2D eigenvalue weighted by Crippen LogP contribution is -2.32. The number of aliphatic carboxylic acids is 1. The van der Waals surface area contributed by atoms with Crippen molar-refractivity contribution in [1.29, 1.82) is 0 Å². The van der Waals surface area contributed by atoms with Crippen LogP contribution < -0.4 is 0 Å². The maximum Gasteiger partial charge on any atom is 0.413 e. The molecule has 0 amide bonds. The number of carbonyl (C=O) groups excluding carboxylic acids is 1. The zero-order valence-corrected chi connectivity index (χ0v) is 7.17. The van der Waals surface area contributed by atoms with Crippen LogP contribution in [0.4, 0.5) is 0 Å². The Kier molecular flexibility index (Phi) is 2.59. The van der Waals surface area contributed by atoms with E-state index in [-0.39, 0.29) is 0 Å². The standard InChI is InChI=1S/C5H10O4Si/c1-10(2,3)9-5(8)4(6)7/h1-3H3,(H,6,7). The monoisotopic (exact) mass is 162 g/mol. The Morgan fingerprint density at radius 1 is 1.30 bits per heavy atom. The van der Waals surface area contributed by atoms with E-state index >= 15 is 0 Å². The zero-order chi connectivity index (χ0) is 8.36. The lowest BCUT2D eigenvalue weighted by atomic mass is 10.7. The van der Waals surface area contributed by atoms with Crippen molar-refractivity contribution < 1.29 is 19.1 Å². The van der Waals surface area contributed by atoms with Gasteiger partial charge >= 0.3 is 11.9 Å². The van der Waals surface area contributed by atoms with Gasteiger partial charge in [0.05, 0.1) is 0 Å². The van der Waals surface area contributed by atoms with E-state index in [9.17, 15) is 9.59 Å². The van der Waals surface area contributed by atoms with E-state index in [1.165, 1.54) is 0 Å². The predicted molar refractivity (Wildman–Crippen MR) is 37.1 cm³/mol. The highest BCUT2D eigenvalue weighted by atomic mass is 28.4. The molecule has 0 atom stereocenters. The van der Waals surface area contributed by atoms with Crippen molar-refractivity contribution in [1.82, 2.24) is 0 Å². The molecule has 0 aliphatic rings. The van der Waals surface area contributed by atoms with Crippen LogP contribution in [0.25, 0.3) is 0 Å². The van der Waals surface area contributed by atoms with Gasteiger partial charge in [0.25, 0.3) is 0 Å². The summed E-state index contributed by atoms with van der Waals surface area (Å²) in [5, 5.41) is 8.09. The Morgan fingerprint density at radius 3 is 1.80 bits per heavy atom. The SMILES string of the molecule is C[Si](C)(C)OC(=O)C(=O)O. The van der Waals surface area contributed by atoms with Crippen LogP contribution in [0.1, 0.15) is 0 Å². The third-order valence-electron chi connectivity index (χ3n) is 0.574. The lowest BCUT2D eigenvalue weighted by Gasteiger charge is -2.14. The maximum atomic E-state index is 10.4. The van der Waals surface area contributed by atoms with Gasteiger partial charge in [0.15, 0.2) is 0 Å². The van der Waals surface area contributed by atoms with Crippen LogP contribution >= 0.6 is 0 Å². The van der Waals surface area contributed by atoms with E-state index in [4.69, 9.17) is 5.11 Å². The highest BCUT2D eigenvalue weighted by molar-refractivity contribution is 6.72. The Hall–Kier alpha value is -0.843. The second kappa shape index (κ2) is 2.83. The first kappa shape index (κ1) is 9.16. The molecule has 0 heterocycles. The van der Waals surface area contributed by atoms with E-state index < -0.39 is 20.3 Å². The Morgan fingerprint density at radius 2 is 1.70 bits per heavy atom. The molecule has 0 saturated carbocycles. The number of hydrogen-bond acceptors (Lipinski definition) is 3. The highest BCUT2D eigenvalue weighted by Crippen LogP contribution is 2.02. The number of rotatable bonds is 1. The third kappa shape index (κ3) is 4.08. The molecule has 0 aromatic heterocycles. The summed E-state index contributed by atoms with van der Waals surface area (Å²) in [7, 11) is -2.01. The highest BCUT2D eigenvalue weighted by Gasteiger charge is 2.23. The number of carbonyl (C=O) groups is 2. The largest absolute Gasteiger partial charge is 0.512 e. The molecule has 0 aliphatic carbocycles. The van der Waals surface area contributed by atoms with Gasteiger partial charge in [-0.15, -0.1) is 0 Å². The molecule has 0 fully saturated rings. The summed E-state index contributed by atoms with van der Waals surface area (Å²) < 4.78 is 4.60. The van der Waals surface area contributed by atoms with Crippen LogP contribution in [0.3, 0.4) is 0 Å². The first-order chi connectivity index (χ1) is 4.33. The summed E-state index contributed by atoms with van der Waals surface area (Å²) in [6.07, 6.45) is 0. The molecule has 5 heteroatoms. The van der Waals surface area contributed by atoms with Gasteiger partial charge in [0.2, 0.25) is 8.32 Å². The third-order valence-corrected chi connectivity index (χ3v) is 1.37. The maximum absolute atomic E-state index is 10.4. The lowest BCUT2D eigenvalue weighted by molar-refractivity contribution is -0.158. The van der Waals surface area contributed by atoms with Gasteiger partial charge in [-0.25, -0.2) is 9.59 Å². The van der Waals surface area contributed by atoms with Gasteiger partial charge in [-0.1, -0.05) is 0 Å². The van der Waals surface area contributed by atoms with Crippen LogP contribution in [0.2, 0.25) is 19.6 Å². The average Bonchev–Trinajstić information content (AvgIpc) is 1.60. The summed E-state index contributed by atoms with van der Waals surface area (Å²) in [5.41, 5.74) is 0. The fraction of sp³-hybridized carbons (Fsp3) is 0.600. The molecule has 0 unspecified atom stereocenters. The van der Waals surface area contributed by atoms with Crippen molar-refractivity contribution in [3.8, 4) is 0 Å². The van der Waals surface area contributed by atoms with Gasteiger partial charge in [-0.05, 0) is 19.6 Å². The number of hydrogen-bond donors (Lipinski definition) is 1. The second-order valence-electron chi connectivity index (χ2n) is 2.81. The fourth-order valence-corrected chi connectivity index (χ4v) is 0.965. The van der Waals surface area contributed by atoms with Crippen LogP contribution in [0.15, 0.2) is 0 Å². The molecule has 0 spiro atoms. The minimum atomic E-state index is -2.01. The molecule has 0 aromatic rings. The molecular weight excluding hydrogens is 152 g/mol. The quantitative estimate of drug-likeness (QED) is 0.449. The summed E-state index contributed by atoms with van der Waals surface area (Å²) >= 11 is 0. The predicted octanol–water partition coefficient (Wildman–Crippen LogP) is 0.449. The second-order valence-corrected chi connectivity index (χ2v) is 7.24. The van der Waals surface area contributed by atoms with Gasteiger partial charge in [-0.3, -0.25) is 0 Å². The summed E-state index contributed by atoms with van der Waals surface area (Å²) in [5.74, 6) is -2.68. The minimum absolute atomic E-state index is 1.15. The first-order valence-electron chi connectivity index (χ1n) is 2.79. The molecule has 10 heavy (non-hydrogen) atoms. The van der Waals surface area contributed by atoms with Crippen molar-refractivity contribution in [2.75, 3.05) is 0 Å². The molecule has 0 radical (unpaired) electrons. The summed E-state index contributed by atoms with van der Waals surface area (Å²) in [6.45, 7) is 5.23. The van der Waals surface area contributed by atoms with Crippen molar-refractivity contribution in [3.63, 3.8) is 0 Å². The average molecular weight is 162 g/mol. The number of carboxylic acids is 1. The minimum Gasteiger partial charge on any atom is -0.512 e. The molecule has 0 aromatic carbocycles. The van der Waals surface area contributed by atoms with Gasteiger partial charge in [0.1, 0.15) is 0 Å². The van der Waals surface area contributed by atoms with E-state index in [0.717, 1.165) is 0 Å². The van der Waals surface area contributed by atoms with E-state index in [2.05, 4.69) is 4.43 Å². The number of carboxylic acid groups (broad SMARTS) is 1. The van der Waals surface area contributed by atoms with Crippen molar-refractivity contribution in [2.24, 2.45) is 0 Å². The van der Waals surface area contributed by atoms with Gasteiger partial charge < -0.3 is 9.53 Å².